The van der Waals surface area contributed by atoms with Crippen LogP contribution in [0.25, 0.3) is 0 Å². The van der Waals surface area contributed by atoms with E-state index in [1.165, 1.54) is 6.07 Å². The maximum atomic E-state index is 14.4. The molecule has 1 fully saturated rings. The van der Waals surface area contributed by atoms with E-state index in [9.17, 15) is 9.18 Å². The van der Waals surface area contributed by atoms with Crippen LogP contribution in [0.4, 0.5) is 4.39 Å². The number of hydrogen-bond donors (Lipinski definition) is 1. The summed E-state index contributed by atoms with van der Waals surface area (Å²) in [6, 6.07) is 5.71. The Labute approximate surface area is 158 Å². The highest BCUT2D eigenvalue weighted by Crippen LogP contribution is 2.25. The van der Waals surface area contributed by atoms with Crippen molar-refractivity contribution >= 4 is 5.91 Å². The van der Waals surface area contributed by atoms with Crippen LogP contribution in [0.1, 0.15) is 43.0 Å². The van der Waals surface area contributed by atoms with E-state index in [4.69, 9.17) is 4.74 Å². The third-order valence-corrected chi connectivity index (χ3v) is 4.79. The van der Waals surface area contributed by atoms with Gasteiger partial charge in [-0.1, -0.05) is 32.0 Å². The van der Waals surface area contributed by atoms with Crippen molar-refractivity contribution in [2.24, 2.45) is 7.05 Å². The molecule has 1 aliphatic heterocycles. The van der Waals surface area contributed by atoms with Gasteiger partial charge in [0.15, 0.2) is 5.82 Å². The first-order valence-corrected chi connectivity index (χ1v) is 9.21. The number of benzene rings is 1. The molecule has 1 aromatic carbocycles. The molecule has 1 N–H and O–H groups in total. The fourth-order valence-corrected chi connectivity index (χ4v) is 3.33. The highest BCUT2D eigenvalue weighted by atomic mass is 19.1. The van der Waals surface area contributed by atoms with Crippen molar-refractivity contribution < 1.29 is 13.9 Å². The van der Waals surface area contributed by atoms with E-state index in [2.05, 4.69) is 15.5 Å². The topological polar surface area (TPSA) is 72.3 Å². The molecule has 0 unspecified atom stereocenters. The summed E-state index contributed by atoms with van der Waals surface area (Å²) < 4.78 is 21.7. The molecule has 146 valence electrons. The fraction of sp³-hybridized carbons (Fsp3) is 0.526. The summed E-state index contributed by atoms with van der Waals surface area (Å²) in [6.07, 6.45) is 0. The predicted molar refractivity (Wildman–Crippen MR) is 98.5 cm³/mol. The Balaban J connectivity index is 1.78. The number of nitrogens with one attached hydrogen (secondary N) is 1. The number of nitrogens with zero attached hydrogens (tertiary/aromatic N) is 4. The Hall–Kier alpha value is -2.32. The number of morpholine rings is 1. The average Bonchev–Trinajstić information content (AvgIpc) is 3.03. The van der Waals surface area contributed by atoms with E-state index in [-0.39, 0.29) is 24.2 Å². The van der Waals surface area contributed by atoms with Gasteiger partial charge in [0.1, 0.15) is 17.7 Å². The highest BCUT2D eigenvalue weighted by molar-refractivity contribution is 5.83. The predicted octanol–water partition coefficient (Wildman–Crippen LogP) is 1.77. The maximum absolute atomic E-state index is 14.4. The molecule has 7 nitrogen and oxygen atoms in total. The summed E-state index contributed by atoms with van der Waals surface area (Å²) in [4.78, 5) is 15.0. The van der Waals surface area contributed by atoms with E-state index in [0.717, 1.165) is 5.82 Å². The van der Waals surface area contributed by atoms with E-state index in [0.29, 0.717) is 37.7 Å². The minimum Gasteiger partial charge on any atom is -0.379 e. The summed E-state index contributed by atoms with van der Waals surface area (Å²) in [5.41, 5.74) is 0.373. The van der Waals surface area contributed by atoms with Gasteiger partial charge < -0.3 is 14.6 Å². The second-order valence-corrected chi connectivity index (χ2v) is 6.98. The zero-order chi connectivity index (χ0) is 19.4. The summed E-state index contributed by atoms with van der Waals surface area (Å²) in [7, 11) is 1.88. The van der Waals surface area contributed by atoms with Gasteiger partial charge in [-0.15, -0.1) is 10.2 Å². The number of halogens is 1. The number of ether oxygens (including phenoxy) is 1. The number of aromatic nitrogens is 3. The standard InChI is InChI=1S/C19H26FN5O2/c1-13(2)18-23-22-16(24(18)3)12-21-19(26)17(25-8-10-27-11-9-25)14-6-4-5-7-15(14)20/h4-7,13,17H,8-12H2,1-3H3,(H,21,26)/t17-/m0/s1. The van der Waals surface area contributed by atoms with Crippen LogP contribution in [0, 0.1) is 5.82 Å². The molecule has 1 aliphatic rings. The second kappa shape index (κ2) is 8.58. The van der Waals surface area contributed by atoms with Crippen LogP contribution in [0.15, 0.2) is 24.3 Å². The SMILES string of the molecule is CC(C)c1nnc(CNC(=O)[C@H](c2ccccc2F)N2CCOCC2)n1C. The molecular formula is C19H26FN5O2. The van der Waals surface area contributed by atoms with Gasteiger partial charge in [-0.2, -0.15) is 0 Å². The van der Waals surface area contributed by atoms with Crippen molar-refractivity contribution in [1.29, 1.82) is 0 Å². The highest BCUT2D eigenvalue weighted by Gasteiger charge is 2.31. The molecule has 0 aliphatic carbocycles. The molecule has 2 aromatic rings. The van der Waals surface area contributed by atoms with Crippen LogP contribution < -0.4 is 5.32 Å². The lowest BCUT2D eigenvalue weighted by Crippen LogP contribution is -2.46. The summed E-state index contributed by atoms with van der Waals surface area (Å²) >= 11 is 0. The molecule has 0 spiro atoms. The fourth-order valence-electron chi connectivity index (χ4n) is 3.33. The van der Waals surface area contributed by atoms with Crippen molar-refractivity contribution in [2.45, 2.75) is 32.4 Å². The van der Waals surface area contributed by atoms with Gasteiger partial charge in [0.2, 0.25) is 5.91 Å². The van der Waals surface area contributed by atoms with Gasteiger partial charge in [0.25, 0.3) is 0 Å². The molecule has 1 saturated heterocycles. The largest absolute Gasteiger partial charge is 0.379 e. The van der Waals surface area contributed by atoms with Crippen LogP contribution >= 0.6 is 0 Å². The number of amides is 1. The molecule has 8 heteroatoms. The van der Waals surface area contributed by atoms with Gasteiger partial charge in [-0.05, 0) is 6.07 Å². The lowest BCUT2D eigenvalue weighted by molar-refractivity contribution is -0.128. The summed E-state index contributed by atoms with van der Waals surface area (Å²) in [6.45, 7) is 6.53. The van der Waals surface area contributed by atoms with Crippen LogP contribution in [0.2, 0.25) is 0 Å². The molecule has 1 atom stereocenters. The lowest BCUT2D eigenvalue weighted by Gasteiger charge is -2.33. The van der Waals surface area contributed by atoms with Crippen molar-refractivity contribution in [2.75, 3.05) is 26.3 Å². The Morgan fingerprint density at radius 2 is 1.96 bits per heavy atom. The first kappa shape index (κ1) is 19.4. The number of carbonyl (C=O) groups excluding carboxylic acids is 1. The Bertz CT molecular complexity index is 786. The van der Waals surface area contributed by atoms with E-state index >= 15 is 0 Å². The lowest BCUT2D eigenvalue weighted by atomic mass is 10.0. The first-order valence-electron chi connectivity index (χ1n) is 9.21. The van der Waals surface area contributed by atoms with Crippen molar-refractivity contribution in [3.63, 3.8) is 0 Å². The average molecular weight is 375 g/mol. The minimum atomic E-state index is -0.701. The van der Waals surface area contributed by atoms with Gasteiger partial charge in [-0.3, -0.25) is 9.69 Å². The van der Waals surface area contributed by atoms with E-state index < -0.39 is 6.04 Å². The van der Waals surface area contributed by atoms with Crippen LogP contribution in [0.5, 0.6) is 0 Å². The molecular weight excluding hydrogens is 349 g/mol. The Morgan fingerprint density at radius 3 is 2.59 bits per heavy atom. The molecule has 27 heavy (non-hydrogen) atoms. The van der Waals surface area contributed by atoms with Crippen molar-refractivity contribution in [1.82, 2.24) is 25.0 Å². The number of hydrogen-bond acceptors (Lipinski definition) is 5. The van der Waals surface area contributed by atoms with Crippen LogP contribution in [-0.2, 0) is 23.1 Å². The van der Waals surface area contributed by atoms with Crippen LogP contribution in [0.3, 0.4) is 0 Å². The molecule has 3 rings (SSSR count). The minimum absolute atomic E-state index is 0.240. The molecule has 0 bridgehead atoms. The van der Waals surface area contributed by atoms with Crippen molar-refractivity contribution in [3.8, 4) is 0 Å². The summed E-state index contributed by atoms with van der Waals surface area (Å²) in [5.74, 6) is 1.13. The Kier molecular flexibility index (Phi) is 6.18. The van der Waals surface area contributed by atoms with Crippen LogP contribution in [-0.4, -0.2) is 51.9 Å². The normalized spacial score (nSPS) is 16.5. The zero-order valence-electron chi connectivity index (χ0n) is 16.0. The van der Waals surface area contributed by atoms with Gasteiger partial charge in [-0.25, -0.2) is 4.39 Å². The quantitative estimate of drug-likeness (QED) is 0.833. The molecule has 0 radical (unpaired) electrons. The van der Waals surface area contributed by atoms with E-state index in [1.807, 2.05) is 30.4 Å². The zero-order valence-corrected chi connectivity index (χ0v) is 16.0. The third-order valence-electron chi connectivity index (χ3n) is 4.79. The number of carbonyl (C=O) groups is 1. The Morgan fingerprint density at radius 1 is 1.26 bits per heavy atom. The van der Waals surface area contributed by atoms with Crippen molar-refractivity contribution in [3.05, 3.63) is 47.3 Å². The van der Waals surface area contributed by atoms with Gasteiger partial charge >= 0.3 is 0 Å². The molecule has 1 amide bonds. The third kappa shape index (κ3) is 4.33. The van der Waals surface area contributed by atoms with Gasteiger partial charge in [0, 0.05) is 31.6 Å². The number of rotatable bonds is 6. The monoisotopic (exact) mass is 375 g/mol. The molecule has 1 aromatic heterocycles. The molecule has 0 saturated carbocycles. The maximum Gasteiger partial charge on any atom is 0.242 e. The van der Waals surface area contributed by atoms with Gasteiger partial charge in [0.05, 0.1) is 19.8 Å². The van der Waals surface area contributed by atoms with E-state index in [1.54, 1.807) is 18.2 Å². The second-order valence-electron chi connectivity index (χ2n) is 6.98. The first-order chi connectivity index (χ1) is 13.0. The summed E-state index contributed by atoms with van der Waals surface area (Å²) in [5, 5.41) is 11.2. The molecule has 2 heterocycles. The smallest absolute Gasteiger partial charge is 0.242 e.